The Labute approximate surface area is 93.8 Å². The highest BCUT2D eigenvalue weighted by molar-refractivity contribution is 5.80. The van der Waals surface area contributed by atoms with Crippen LogP contribution in [0, 0.1) is 6.92 Å². The molecular formula is C10H16N4O2. The first-order valence-electron chi connectivity index (χ1n) is 5.33. The van der Waals surface area contributed by atoms with Crippen molar-refractivity contribution in [2.45, 2.75) is 19.5 Å². The van der Waals surface area contributed by atoms with E-state index in [1.807, 2.05) is 17.9 Å². The highest BCUT2D eigenvalue weighted by Crippen LogP contribution is 2.11. The maximum atomic E-state index is 11.3. The van der Waals surface area contributed by atoms with Gasteiger partial charge in [0.05, 0.1) is 12.2 Å². The first-order chi connectivity index (χ1) is 7.66. The summed E-state index contributed by atoms with van der Waals surface area (Å²) in [7, 11) is 0. The van der Waals surface area contributed by atoms with Crippen molar-refractivity contribution in [1.29, 1.82) is 0 Å². The van der Waals surface area contributed by atoms with Crippen LogP contribution < -0.4 is 11.1 Å². The fourth-order valence-electron chi connectivity index (χ4n) is 1.91. The quantitative estimate of drug-likeness (QED) is 0.705. The number of nitrogens with two attached hydrogens (primary N) is 1. The molecule has 0 aliphatic carbocycles. The molecule has 6 nitrogen and oxygen atoms in total. The second-order valence-electron chi connectivity index (χ2n) is 4.03. The van der Waals surface area contributed by atoms with Crippen LogP contribution in [0.3, 0.4) is 0 Å². The van der Waals surface area contributed by atoms with Gasteiger partial charge < -0.3 is 15.6 Å². The summed E-state index contributed by atoms with van der Waals surface area (Å²) in [6.45, 7) is 4.69. The number of carbonyl (C=O) groups excluding carboxylic acids is 1. The highest BCUT2D eigenvalue weighted by Gasteiger charge is 2.27. The Hall–Kier alpha value is -1.40. The zero-order chi connectivity index (χ0) is 11.5. The number of aryl methyl sites for hydroxylation is 1. The summed E-state index contributed by atoms with van der Waals surface area (Å²) in [6.07, 6.45) is 0. The lowest BCUT2D eigenvalue weighted by atomic mass is 10.1. The van der Waals surface area contributed by atoms with Gasteiger partial charge >= 0.3 is 0 Å². The van der Waals surface area contributed by atoms with Gasteiger partial charge in [-0.1, -0.05) is 5.16 Å². The van der Waals surface area contributed by atoms with Gasteiger partial charge in [-0.05, 0) is 6.92 Å². The van der Waals surface area contributed by atoms with Crippen molar-refractivity contribution in [3.63, 3.8) is 0 Å². The first kappa shape index (κ1) is 11.1. The molecule has 0 saturated carbocycles. The van der Waals surface area contributed by atoms with Gasteiger partial charge in [0.2, 0.25) is 5.91 Å². The van der Waals surface area contributed by atoms with E-state index in [1.54, 1.807) is 0 Å². The molecule has 6 heteroatoms. The van der Waals surface area contributed by atoms with E-state index in [1.165, 1.54) is 0 Å². The Bertz CT molecular complexity index is 377. The third-order valence-corrected chi connectivity index (χ3v) is 2.72. The van der Waals surface area contributed by atoms with Crippen LogP contribution >= 0.6 is 0 Å². The minimum Gasteiger partial charge on any atom is -0.368 e. The smallest absolute Gasteiger partial charge is 0.236 e. The molecule has 2 rings (SSSR count). The lowest BCUT2D eigenvalue weighted by Gasteiger charge is -2.33. The van der Waals surface area contributed by atoms with E-state index in [0.29, 0.717) is 13.1 Å². The summed E-state index contributed by atoms with van der Waals surface area (Å²) in [5.74, 6) is 0.467. The van der Waals surface area contributed by atoms with Gasteiger partial charge in [0.25, 0.3) is 0 Å². The van der Waals surface area contributed by atoms with Crippen molar-refractivity contribution in [2.75, 3.05) is 19.6 Å². The molecule has 1 aliphatic rings. The fourth-order valence-corrected chi connectivity index (χ4v) is 1.91. The average Bonchev–Trinajstić information content (AvgIpc) is 2.64. The van der Waals surface area contributed by atoms with E-state index < -0.39 is 0 Å². The second kappa shape index (κ2) is 4.63. The normalized spacial score (nSPS) is 22.2. The predicted molar refractivity (Wildman–Crippen MR) is 57.5 cm³/mol. The molecule has 1 amide bonds. The average molecular weight is 224 g/mol. The summed E-state index contributed by atoms with van der Waals surface area (Å²) in [6, 6.07) is 1.61. The van der Waals surface area contributed by atoms with Crippen LogP contribution in [0.25, 0.3) is 0 Å². The van der Waals surface area contributed by atoms with Gasteiger partial charge in [-0.15, -0.1) is 0 Å². The Balaban J connectivity index is 2.03. The van der Waals surface area contributed by atoms with Crippen LogP contribution in [0.1, 0.15) is 11.5 Å². The first-order valence-corrected chi connectivity index (χ1v) is 5.33. The fraction of sp³-hybridized carbons (Fsp3) is 0.600. The number of carbonyl (C=O) groups is 1. The minimum absolute atomic E-state index is 0.265. The maximum Gasteiger partial charge on any atom is 0.236 e. The molecular weight excluding hydrogens is 208 g/mol. The second-order valence-corrected chi connectivity index (χ2v) is 4.03. The van der Waals surface area contributed by atoms with Gasteiger partial charge in [-0.3, -0.25) is 9.69 Å². The molecule has 2 heterocycles. The number of nitrogens with zero attached hydrogens (tertiary/aromatic N) is 2. The van der Waals surface area contributed by atoms with E-state index in [-0.39, 0.29) is 11.9 Å². The molecule has 1 fully saturated rings. The maximum absolute atomic E-state index is 11.3. The molecule has 0 radical (unpaired) electrons. The zero-order valence-corrected chi connectivity index (χ0v) is 9.27. The third kappa shape index (κ3) is 2.40. The van der Waals surface area contributed by atoms with Gasteiger partial charge in [-0.2, -0.15) is 0 Å². The van der Waals surface area contributed by atoms with Gasteiger partial charge in [0, 0.05) is 25.7 Å². The van der Waals surface area contributed by atoms with E-state index in [9.17, 15) is 4.79 Å². The summed E-state index contributed by atoms with van der Waals surface area (Å²) in [5, 5.41) is 6.97. The standard InChI is InChI=1S/C10H16N4O2/c1-7-4-8(16-13-7)6-14-3-2-12-5-9(14)10(11)15/h4,9,12H,2-3,5-6H2,1H3,(H2,11,15). The Kier molecular flexibility index (Phi) is 3.21. The lowest BCUT2D eigenvalue weighted by molar-refractivity contribution is -0.124. The molecule has 16 heavy (non-hydrogen) atoms. The summed E-state index contributed by atoms with van der Waals surface area (Å²) in [4.78, 5) is 13.3. The number of aromatic nitrogens is 1. The minimum atomic E-state index is -0.302. The topological polar surface area (TPSA) is 84.4 Å². The molecule has 0 spiro atoms. The van der Waals surface area contributed by atoms with E-state index in [0.717, 1.165) is 24.5 Å². The number of hydrogen-bond acceptors (Lipinski definition) is 5. The van der Waals surface area contributed by atoms with E-state index >= 15 is 0 Å². The molecule has 3 N–H and O–H groups in total. The molecule has 1 atom stereocenters. The SMILES string of the molecule is Cc1cc(CN2CCNCC2C(N)=O)on1. The van der Waals surface area contributed by atoms with Crippen molar-refractivity contribution in [1.82, 2.24) is 15.4 Å². The van der Waals surface area contributed by atoms with Crippen molar-refractivity contribution in [3.8, 4) is 0 Å². The molecule has 1 unspecified atom stereocenters. The van der Waals surface area contributed by atoms with Crippen molar-refractivity contribution >= 4 is 5.91 Å². The Morgan fingerprint density at radius 3 is 3.25 bits per heavy atom. The number of nitrogens with one attached hydrogen (secondary N) is 1. The monoisotopic (exact) mass is 224 g/mol. The van der Waals surface area contributed by atoms with Crippen LogP contribution in [0.4, 0.5) is 0 Å². The molecule has 1 aliphatic heterocycles. The van der Waals surface area contributed by atoms with Crippen LogP contribution in [-0.2, 0) is 11.3 Å². The molecule has 0 bridgehead atoms. The van der Waals surface area contributed by atoms with E-state index in [4.69, 9.17) is 10.3 Å². The van der Waals surface area contributed by atoms with Crippen molar-refractivity contribution < 1.29 is 9.32 Å². The highest BCUT2D eigenvalue weighted by atomic mass is 16.5. The Morgan fingerprint density at radius 1 is 1.81 bits per heavy atom. The van der Waals surface area contributed by atoms with Gasteiger partial charge in [0.1, 0.15) is 6.04 Å². The largest absolute Gasteiger partial charge is 0.368 e. The van der Waals surface area contributed by atoms with Gasteiger partial charge in [0.15, 0.2) is 5.76 Å². The summed E-state index contributed by atoms with van der Waals surface area (Å²) >= 11 is 0. The lowest BCUT2D eigenvalue weighted by Crippen LogP contribution is -2.56. The van der Waals surface area contributed by atoms with Crippen LogP contribution in [0.5, 0.6) is 0 Å². The zero-order valence-electron chi connectivity index (χ0n) is 9.27. The predicted octanol–water partition coefficient (Wildman–Crippen LogP) is -0.758. The molecule has 1 saturated heterocycles. The summed E-state index contributed by atoms with van der Waals surface area (Å²) < 4.78 is 5.13. The number of amides is 1. The van der Waals surface area contributed by atoms with Crippen LogP contribution in [0.15, 0.2) is 10.6 Å². The number of primary amides is 1. The van der Waals surface area contributed by atoms with Crippen molar-refractivity contribution in [2.24, 2.45) is 5.73 Å². The number of piperazine rings is 1. The summed E-state index contributed by atoms with van der Waals surface area (Å²) in [5.41, 5.74) is 6.20. The third-order valence-electron chi connectivity index (χ3n) is 2.72. The van der Waals surface area contributed by atoms with Crippen LogP contribution in [-0.4, -0.2) is 41.6 Å². The Morgan fingerprint density at radius 2 is 2.62 bits per heavy atom. The van der Waals surface area contributed by atoms with Crippen molar-refractivity contribution in [3.05, 3.63) is 17.5 Å². The van der Waals surface area contributed by atoms with Gasteiger partial charge in [-0.25, -0.2) is 0 Å². The molecule has 88 valence electrons. The number of hydrogen-bond donors (Lipinski definition) is 2. The molecule has 1 aromatic rings. The van der Waals surface area contributed by atoms with Crippen LogP contribution in [0.2, 0.25) is 0 Å². The molecule has 0 aromatic carbocycles. The molecule has 1 aromatic heterocycles. The number of rotatable bonds is 3. The van der Waals surface area contributed by atoms with E-state index in [2.05, 4.69) is 10.5 Å².